The van der Waals surface area contributed by atoms with Gasteiger partial charge in [-0.25, -0.2) is 4.79 Å². The third-order valence-electron chi connectivity index (χ3n) is 3.72. The quantitative estimate of drug-likeness (QED) is 0.823. The molecule has 0 fully saturated rings. The Labute approximate surface area is 148 Å². The first-order valence-corrected chi connectivity index (χ1v) is 7.69. The lowest BCUT2D eigenvalue weighted by Gasteiger charge is -2.13. The fourth-order valence-electron chi connectivity index (χ4n) is 2.43. The minimum Gasteiger partial charge on any atom is -0.507 e. The van der Waals surface area contributed by atoms with Gasteiger partial charge < -0.3 is 10.2 Å². The third-order valence-corrected chi connectivity index (χ3v) is 4.05. The van der Waals surface area contributed by atoms with Crippen molar-refractivity contribution in [3.63, 3.8) is 0 Å². The highest BCUT2D eigenvalue weighted by molar-refractivity contribution is 6.34. The molecular weight excluding hydrogens is 344 g/mol. The topological polar surface area (TPSA) is 90.2 Å². The number of hydrogen-bond donors (Lipinski definition) is 2. The van der Waals surface area contributed by atoms with Gasteiger partial charge in [-0.15, -0.1) is 0 Å². The highest BCUT2D eigenvalue weighted by Crippen LogP contribution is 2.29. The lowest BCUT2D eigenvalue weighted by molar-refractivity contribution is -0.114. The molecular formula is C18H13ClN2O4. The minimum absolute atomic E-state index is 0.0497. The Morgan fingerprint density at radius 2 is 1.96 bits per heavy atom. The van der Waals surface area contributed by atoms with Crippen LogP contribution in [0.2, 0.25) is 5.02 Å². The number of hydrogen-bond acceptors (Lipinski definition) is 4. The molecule has 3 rings (SSSR count). The van der Waals surface area contributed by atoms with E-state index in [1.54, 1.807) is 31.2 Å². The summed E-state index contributed by atoms with van der Waals surface area (Å²) in [6.07, 6.45) is 1.55. The van der Waals surface area contributed by atoms with E-state index in [0.717, 1.165) is 5.01 Å². The number of hydrazone groups is 1. The van der Waals surface area contributed by atoms with Gasteiger partial charge in [0.15, 0.2) is 0 Å². The molecule has 0 radical (unpaired) electrons. The van der Waals surface area contributed by atoms with Gasteiger partial charge in [0.1, 0.15) is 5.75 Å². The monoisotopic (exact) mass is 356 g/mol. The standard InChI is InChI=1S/C18H13ClN2O4/c1-10-13(8-11-4-2-3-5-16(11)22)17(23)21(20-10)12-6-7-15(19)14(9-12)18(24)25/h2-9,22H,1H3,(H,24,25)/b13-8-. The Hall–Kier alpha value is -3.12. The van der Waals surface area contributed by atoms with Crippen LogP contribution >= 0.6 is 11.6 Å². The van der Waals surface area contributed by atoms with E-state index in [9.17, 15) is 14.7 Å². The first-order chi connectivity index (χ1) is 11.9. The lowest BCUT2D eigenvalue weighted by Crippen LogP contribution is -2.21. The van der Waals surface area contributed by atoms with Crippen LogP contribution in [0.5, 0.6) is 5.75 Å². The number of benzene rings is 2. The van der Waals surface area contributed by atoms with Crippen LogP contribution in [-0.4, -0.2) is 27.8 Å². The van der Waals surface area contributed by atoms with Gasteiger partial charge in [-0.2, -0.15) is 10.1 Å². The van der Waals surface area contributed by atoms with Crippen LogP contribution in [0, 0.1) is 0 Å². The number of aromatic hydroxyl groups is 1. The van der Waals surface area contributed by atoms with Gasteiger partial charge in [0.05, 0.1) is 27.6 Å². The molecule has 1 heterocycles. The zero-order valence-electron chi connectivity index (χ0n) is 13.1. The SMILES string of the molecule is CC1=NN(c2ccc(Cl)c(C(=O)O)c2)C(=O)/C1=C\c1ccccc1O. The van der Waals surface area contributed by atoms with Gasteiger partial charge in [0.25, 0.3) is 5.91 Å². The zero-order valence-corrected chi connectivity index (χ0v) is 13.9. The summed E-state index contributed by atoms with van der Waals surface area (Å²) < 4.78 is 0. The first kappa shape index (κ1) is 16.7. The summed E-state index contributed by atoms with van der Waals surface area (Å²) in [5, 5.41) is 24.4. The number of phenolic OH excluding ortho intramolecular Hbond substituents is 1. The summed E-state index contributed by atoms with van der Waals surface area (Å²) in [5.74, 6) is -1.56. The maximum atomic E-state index is 12.7. The molecule has 25 heavy (non-hydrogen) atoms. The van der Waals surface area contributed by atoms with E-state index in [0.29, 0.717) is 22.5 Å². The van der Waals surface area contributed by atoms with Gasteiger partial charge >= 0.3 is 5.97 Å². The number of nitrogens with zero attached hydrogens (tertiary/aromatic N) is 2. The molecule has 2 aromatic carbocycles. The van der Waals surface area contributed by atoms with E-state index in [2.05, 4.69) is 5.10 Å². The van der Waals surface area contributed by atoms with Gasteiger partial charge in [-0.05, 0) is 37.3 Å². The molecule has 2 aromatic rings. The molecule has 1 amide bonds. The van der Waals surface area contributed by atoms with E-state index < -0.39 is 11.9 Å². The first-order valence-electron chi connectivity index (χ1n) is 7.31. The highest BCUT2D eigenvalue weighted by atomic mass is 35.5. The van der Waals surface area contributed by atoms with E-state index in [1.165, 1.54) is 24.3 Å². The minimum atomic E-state index is -1.19. The molecule has 0 aromatic heterocycles. The molecule has 0 aliphatic carbocycles. The summed E-state index contributed by atoms with van der Waals surface area (Å²) in [6.45, 7) is 1.66. The Kier molecular flexibility index (Phi) is 4.29. The van der Waals surface area contributed by atoms with Crippen LogP contribution in [-0.2, 0) is 4.79 Å². The highest BCUT2D eigenvalue weighted by Gasteiger charge is 2.29. The van der Waals surface area contributed by atoms with Crippen molar-refractivity contribution >= 4 is 41.0 Å². The summed E-state index contributed by atoms with van der Waals surface area (Å²) in [4.78, 5) is 23.9. The predicted molar refractivity (Wildman–Crippen MR) is 95.1 cm³/mol. The summed E-state index contributed by atoms with van der Waals surface area (Å²) in [7, 11) is 0. The van der Waals surface area contributed by atoms with Gasteiger partial charge in [-0.3, -0.25) is 4.79 Å². The molecule has 7 heteroatoms. The predicted octanol–water partition coefficient (Wildman–Crippen LogP) is 3.55. The van der Waals surface area contributed by atoms with Gasteiger partial charge in [0.2, 0.25) is 0 Å². The second-order valence-corrected chi connectivity index (χ2v) is 5.80. The van der Waals surface area contributed by atoms with Gasteiger partial charge in [0, 0.05) is 5.56 Å². The molecule has 0 saturated heterocycles. The number of carboxylic acids is 1. The molecule has 0 bridgehead atoms. The number of carboxylic acid groups (broad SMARTS) is 1. The van der Waals surface area contributed by atoms with Crippen molar-refractivity contribution in [1.82, 2.24) is 0 Å². The number of aromatic carboxylic acids is 1. The van der Waals surface area contributed by atoms with Crippen molar-refractivity contribution in [2.45, 2.75) is 6.92 Å². The molecule has 126 valence electrons. The van der Waals surface area contributed by atoms with Crippen LogP contribution in [0.4, 0.5) is 5.69 Å². The van der Waals surface area contributed by atoms with E-state index in [-0.39, 0.29) is 16.3 Å². The summed E-state index contributed by atoms with van der Waals surface area (Å²) >= 11 is 5.86. The molecule has 1 aliphatic rings. The second kappa shape index (κ2) is 6.41. The van der Waals surface area contributed by atoms with Crippen molar-refractivity contribution in [1.29, 1.82) is 0 Å². The molecule has 0 atom stereocenters. The molecule has 2 N–H and O–H groups in total. The number of carbonyl (C=O) groups excluding carboxylic acids is 1. The Morgan fingerprint density at radius 3 is 2.64 bits per heavy atom. The molecule has 0 spiro atoms. The molecule has 1 aliphatic heterocycles. The van der Waals surface area contributed by atoms with E-state index in [1.807, 2.05) is 0 Å². The number of amides is 1. The van der Waals surface area contributed by atoms with Crippen molar-refractivity contribution in [3.05, 3.63) is 64.2 Å². The van der Waals surface area contributed by atoms with Crippen molar-refractivity contribution in [2.24, 2.45) is 5.10 Å². The fraction of sp³-hybridized carbons (Fsp3) is 0.0556. The van der Waals surface area contributed by atoms with E-state index in [4.69, 9.17) is 16.7 Å². The zero-order chi connectivity index (χ0) is 18.1. The third kappa shape index (κ3) is 3.12. The average Bonchev–Trinajstić information content (AvgIpc) is 2.85. The Balaban J connectivity index is 2.00. The fourth-order valence-corrected chi connectivity index (χ4v) is 2.63. The Morgan fingerprint density at radius 1 is 1.24 bits per heavy atom. The van der Waals surface area contributed by atoms with Crippen LogP contribution in [0.1, 0.15) is 22.8 Å². The van der Waals surface area contributed by atoms with E-state index >= 15 is 0 Å². The van der Waals surface area contributed by atoms with Crippen molar-refractivity contribution < 1.29 is 19.8 Å². The average molecular weight is 357 g/mol. The largest absolute Gasteiger partial charge is 0.507 e. The van der Waals surface area contributed by atoms with Gasteiger partial charge in [-0.1, -0.05) is 29.8 Å². The maximum Gasteiger partial charge on any atom is 0.337 e. The normalized spacial score (nSPS) is 15.6. The summed E-state index contributed by atoms with van der Waals surface area (Å²) in [5.41, 5.74) is 1.45. The molecule has 6 nitrogen and oxygen atoms in total. The maximum absolute atomic E-state index is 12.7. The van der Waals surface area contributed by atoms with Crippen LogP contribution in [0.25, 0.3) is 6.08 Å². The number of phenols is 1. The molecule has 0 unspecified atom stereocenters. The van der Waals surface area contributed by atoms with Crippen molar-refractivity contribution in [2.75, 3.05) is 5.01 Å². The van der Waals surface area contributed by atoms with Crippen molar-refractivity contribution in [3.8, 4) is 5.75 Å². The smallest absolute Gasteiger partial charge is 0.337 e. The Bertz CT molecular complexity index is 950. The number of para-hydroxylation sites is 1. The van der Waals surface area contributed by atoms with Crippen LogP contribution < -0.4 is 5.01 Å². The van der Waals surface area contributed by atoms with Crippen LogP contribution in [0.3, 0.4) is 0 Å². The number of carbonyl (C=O) groups is 2. The summed E-state index contributed by atoms with van der Waals surface area (Å²) in [6, 6.07) is 10.8. The number of halogens is 1. The number of rotatable bonds is 3. The lowest BCUT2D eigenvalue weighted by atomic mass is 10.1. The number of anilines is 1. The second-order valence-electron chi connectivity index (χ2n) is 5.39. The molecule has 0 saturated carbocycles. The van der Waals surface area contributed by atoms with Crippen LogP contribution in [0.15, 0.2) is 53.1 Å².